The first-order valence-corrected chi connectivity index (χ1v) is 7.48. The van der Waals surface area contributed by atoms with E-state index in [9.17, 15) is 13.2 Å². The van der Waals surface area contributed by atoms with Crippen molar-refractivity contribution in [2.75, 3.05) is 19.3 Å². The van der Waals surface area contributed by atoms with Crippen molar-refractivity contribution in [3.8, 4) is 6.07 Å². The highest BCUT2D eigenvalue weighted by atomic mass is 32.2. The summed E-state index contributed by atoms with van der Waals surface area (Å²) in [6, 6.07) is 2.18. The molecule has 0 unspecified atom stereocenters. The van der Waals surface area contributed by atoms with Gasteiger partial charge in [-0.15, -0.1) is 0 Å². The molecule has 5 nitrogen and oxygen atoms in total. The lowest BCUT2D eigenvalue weighted by Gasteiger charge is -2.34. The predicted molar refractivity (Wildman–Crippen MR) is 63.8 cm³/mol. The normalized spacial score (nSPS) is 18.8. The van der Waals surface area contributed by atoms with Crippen molar-refractivity contribution < 1.29 is 13.2 Å². The van der Waals surface area contributed by atoms with E-state index >= 15 is 0 Å². The number of amides is 1. The molecule has 0 aliphatic carbocycles. The van der Waals surface area contributed by atoms with E-state index in [4.69, 9.17) is 5.26 Å². The van der Waals surface area contributed by atoms with Gasteiger partial charge >= 0.3 is 0 Å². The number of nitrogens with zero attached hydrogens (tertiary/aromatic N) is 2. The van der Waals surface area contributed by atoms with Gasteiger partial charge in [-0.3, -0.25) is 4.79 Å². The van der Waals surface area contributed by atoms with Gasteiger partial charge in [-0.2, -0.15) is 5.26 Å². The summed E-state index contributed by atoms with van der Waals surface area (Å²) < 4.78 is 21.7. The van der Waals surface area contributed by atoms with Gasteiger partial charge in [0.05, 0.1) is 6.07 Å². The van der Waals surface area contributed by atoms with Crippen molar-refractivity contribution >= 4 is 15.7 Å². The third-order valence-corrected chi connectivity index (χ3v) is 5.44. The zero-order valence-corrected chi connectivity index (χ0v) is 11.2. The summed E-state index contributed by atoms with van der Waals surface area (Å²) >= 11 is 0. The molecule has 0 radical (unpaired) electrons. The van der Waals surface area contributed by atoms with Crippen molar-refractivity contribution in [1.29, 1.82) is 5.26 Å². The molecule has 17 heavy (non-hydrogen) atoms. The Kier molecular flexibility index (Phi) is 3.82. The Bertz CT molecular complexity index is 440. The number of carbonyl (C=O) groups excluding carboxylic acids is 1. The SMILES string of the molecule is CC(C)(C(=O)N1CCC(C#N)CC1)S(C)(=O)=O. The summed E-state index contributed by atoms with van der Waals surface area (Å²) in [5.41, 5.74) is 0. The second-order valence-corrected chi connectivity index (χ2v) is 7.54. The van der Waals surface area contributed by atoms with E-state index in [1.54, 1.807) is 4.90 Å². The third kappa shape index (κ3) is 2.78. The summed E-state index contributed by atoms with van der Waals surface area (Å²) in [6.45, 7) is 3.80. The lowest BCUT2D eigenvalue weighted by Crippen LogP contribution is -2.51. The smallest absolute Gasteiger partial charge is 0.243 e. The van der Waals surface area contributed by atoms with Crippen molar-refractivity contribution in [2.24, 2.45) is 5.92 Å². The highest BCUT2D eigenvalue weighted by molar-refractivity contribution is 7.92. The molecule has 6 heteroatoms. The van der Waals surface area contributed by atoms with E-state index < -0.39 is 14.6 Å². The number of hydrogen-bond acceptors (Lipinski definition) is 4. The molecular formula is C11H18N2O3S. The summed E-state index contributed by atoms with van der Waals surface area (Å²) in [5, 5.41) is 8.76. The van der Waals surface area contributed by atoms with Crippen LogP contribution in [0.5, 0.6) is 0 Å². The van der Waals surface area contributed by atoms with Crippen LogP contribution in [0.25, 0.3) is 0 Å². The summed E-state index contributed by atoms with van der Waals surface area (Å²) in [4.78, 5) is 13.7. The van der Waals surface area contributed by atoms with Crippen LogP contribution in [0, 0.1) is 17.2 Å². The molecule has 0 bridgehead atoms. The molecule has 1 heterocycles. The van der Waals surface area contributed by atoms with Crippen LogP contribution in [0.15, 0.2) is 0 Å². The van der Waals surface area contributed by atoms with Crippen molar-refractivity contribution in [1.82, 2.24) is 4.90 Å². The molecule has 0 spiro atoms. The van der Waals surface area contributed by atoms with Crippen molar-refractivity contribution in [2.45, 2.75) is 31.4 Å². The molecule has 1 rings (SSSR count). The fraction of sp³-hybridized carbons (Fsp3) is 0.818. The van der Waals surface area contributed by atoms with E-state index in [0.717, 1.165) is 6.26 Å². The van der Waals surface area contributed by atoms with Crippen LogP contribution in [0.4, 0.5) is 0 Å². The number of nitriles is 1. The lowest BCUT2D eigenvalue weighted by molar-refractivity contribution is -0.134. The first-order valence-electron chi connectivity index (χ1n) is 5.58. The number of sulfone groups is 1. The molecule has 1 aliphatic heterocycles. The summed E-state index contributed by atoms with van der Waals surface area (Å²) in [7, 11) is -3.43. The fourth-order valence-corrected chi connectivity index (χ4v) is 2.20. The minimum absolute atomic E-state index is 0.0135. The van der Waals surface area contributed by atoms with Gasteiger partial charge in [-0.25, -0.2) is 8.42 Å². The largest absolute Gasteiger partial charge is 0.341 e. The maximum atomic E-state index is 12.1. The number of rotatable bonds is 2. The average Bonchev–Trinajstić information content (AvgIpc) is 2.26. The van der Waals surface area contributed by atoms with Crippen LogP contribution >= 0.6 is 0 Å². The Labute approximate surface area is 102 Å². The van der Waals surface area contributed by atoms with Gasteiger partial charge in [0.25, 0.3) is 0 Å². The molecule has 0 atom stereocenters. The zero-order valence-electron chi connectivity index (χ0n) is 10.4. The molecule has 0 aromatic carbocycles. The molecule has 0 aromatic heterocycles. The van der Waals surface area contributed by atoms with Gasteiger partial charge < -0.3 is 4.90 Å². The van der Waals surface area contributed by atoms with Gasteiger partial charge in [0, 0.05) is 25.3 Å². The van der Waals surface area contributed by atoms with Gasteiger partial charge in [0.2, 0.25) is 5.91 Å². The molecule has 96 valence electrons. The standard InChI is InChI=1S/C11H18N2O3S/c1-11(2,17(3,15)16)10(14)13-6-4-9(8-12)5-7-13/h9H,4-7H2,1-3H3. The Hall–Kier alpha value is -1.09. The average molecular weight is 258 g/mol. The molecular weight excluding hydrogens is 240 g/mol. The van der Waals surface area contributed by atoms with Gasteiger partial charge in [-0.1, -0.05) is 0 Å². The molecule has 0 saturated carbocycles. The molecule has 0 aromatic rings. The van der Waals surface area contributed by atoms with Crippen molar-refractivity contribution in [3.05, 3.63) is 0 Å². The Balaban J connectivity index is 2.77. The summed E-state index contributed by atoms with van der Waals surface area (Å²) in [6.07, 6.45) is 2.33. The highest BCUT2D eigenvalue weighted by Gasteiger charge is 2.42. The Morgan fingerprint density at radius 3 is 2.18 bits per heavy atom. The topological polar surface area (TPSA) is 78.2 Å². The molecule has 0 N–H and O–H groups in total. The predicted octanol–water partition coefficient (Wildman–Crippen LogP) is 0.572. The monoisotopic (exact) mass is 258 g/mol. The first-order chi connectivity index (χ1) is 7.70. The number of likely N-dealkylation sites (tertiary alicyclic amines) is 1. The minimum atomic E-state index is -3.43. The minimum Gasteiger partial charge on any atom is -0.341 e. The maximum Gasteiger partial charge on any atom is 0.243 e. The zero-order chi connectivity index (χ0) is 13.3. The molecule has 1 saturated heterocycles. The number of carbonyl (C=O) groups is 1. The second-order valence-electron chi connectivity index (χ2n) is 4.98. The highest BCUT2D eigenvalue weighted by Crippen LogP contribution is 2.23. The lowest BCUT2D eigenvalue weighted by atomic mass is 9.97. The van der Waals surface area contributed by atoms with E-state index in [1.165, 1.54) is 13.8 Å². The molecule has 1 aliphatic rings. The second kappa shape index (κ2) is 4.65. The van der Waals surface area contributed by atoms with Crippen LogP contribution in [0.3, 0.4) is 0 Å². The quantitative estimate of drug-likeness (QED) is 0.725. The van der Waals surface area contributed by atoms with Gasteiger partial charge in [0.1, 0.15) is 4.75 Å². The Morgan fingerprint density at radius 1 is 1.35 bits per heavy atom. The van der Waals surface area contributed by atoms with Crippen LogP contribution < -0.4 is 0 Å². The first kappa shape index (κ1) is 14.0. The van der Waals surface area contributed by atoms with E-state index in [1.807, 2.05) is 0 Å². The van der Waals surface area contributed by atoms with E-state index in [2.05, 4.69) is 6.07 Å². The summed E-state index contributed by atoms with van der Waals surface area (Å²) in [5.74, 6) is -0.378. The Morgan fingerprint density at radius 2 is 1.82 bits per heavy atom. The van der Waals surface area contributed by atoms with Gasteiger partial charge in [0.15, 0.2) is 9.84 Å². The van der Waals surface area contributed by atoms with Crippen LogP contribution in [0.1, 0.15) is 26.7 Å². The van der Waals surface area contributed by atoms with Crippen LogP contribution in [-0.2, 0) is 14.6 Å². The van der Waals surface area contributed by atoms with Crippen LogP contribution in [0.2, 0.25) is 0 Å². The number of hydrogen-bond donors (Lipinski definition) is 0. The van der Waals surface area contributed by atoms with Crippen LogP contribution in [-0.4, -0.2) is 43.3 Å². The van der Waals surface area contributed by atoms with E-state index in [0.29, 0.717) is 25.9 Å². The maximum absolute atomic E-state index is 12.1. The van der Waals surface area contributed by atoms with E-state index in [-0.39, 0.29) is 11.8 Å². The number of piperidine rings is 1. The molecule has 1 amide bonds. The van der Waals surface area contributed by atoms with Crippen molar-refractivity contribution in [3.63, 3.8) is 0 Å². The third-order valence-electron chi connectivity index (χ3n) is 3.41. The van der Waals surface area contributed by atoms with Gasteiger partial charge in [-0.05, 0) is 26.7 Å². The fourth-order valence-electron chi connectivity index (χ4n) is 1.75. The molecule has 1 fully saturated rings.